The van der Waals surface area contributed by atoms with Crippen LogP contribution in [0.5, 0.6) is 11.5 Å². The third kappa shape index (κ3) is 5.14. The number of ether oxygens (including phenoxy) is 2. The van der Waals surface area contributed by atoms with Crippen molar-refractivity contribution in [3.05, 3.63) is 56.0 Å². The molecule has 0 radical (unpaired) electrons. The number of aliphatic carboxylic acids is 1. The van der Waals surface area contributed by atoms with E-state index in [4.69, 9.17) is 14.6 Å². The maximum atomic E-state index is 12.7. The fraction of sp³-hybridized carbons (Fsp3) is 0.190. The zero-order valence-electron chi connectivity index (χ0n) is 16.5. The Bertz CT molecular complexity index is 1050. The SMILES string of the molecule is COc1cc(/C=C2/SC(=Nc3ccc(C)cc3)N(C)C2=O)cc(I)c1OCC(=O)O. The van der Waals surface area contributed by atoms with Crippen molar-refractivity contribution in [3.63, 3.8) is 0 Å². The number of hydrogen-bond acceptors (Lipinski definition) is 6. The minimum Gasteiger partial charge on any atom is -0.493 e. The average Bonchev–Trinajstić information content (AvgIpc) is 2.96. The second kappa shape index (κ2) is 9.52. The van der Waals surface area contributed by atoms with E-state index in [1.54, 1.807) is 25.3 Å². The van der Waals surface area contributed by atoms with Crippen LogP contribution in [-0.2, 0) is 9.59 Å². The van der Waals surface area contributed by atoms with E-state index in [0.29, 0.717) is 25.1 Å². The first kappa shape index (κ1) is 22.2. The molecule has 1 N–H and O–H groups in total. The molecule has 0 bridgehead atoms. The number of hydrogen-bond donors (Lipinski definition) is 1. The van der Waals surface area contributed by atoms with Gasteiger partial charge in [-0.15, -0.1) is 0 Å². The largest absolute Gasteiger partial charge is 0.493 e. The van der Waals surface area contributed by atoms with Gasteiger partial charge < -0.3 is 14.6 Å². The summed E-state index contributed by atoms with van der Waals surface area (Å²) < 4.78 is 11.3. The minimum absolute atomic E-state index is 0.147. The maximum Gasteiger partial charge on any atom is 0.341 e. The van der Waals surface area contributed by atoms with Crippen molar-refractivity contribution in [2.75, 3.05) is 20.8 Å². The summed E-state index contributed by atoms with van der Waals surface area (Å²) in [6.45, 7) is 1.54. The van der Waals surface area contributed by atoms with Crippen LogP contribution < -0.4 is 9.47 Å². The van der Waals surface area contributed by atoms with Crippen molar-refractivity contribution in [2.45, 2.75) is 6.92 Å². The van der Waals surface area contributed by atoms with Crippen molar-refractivity contribution < 1.29 is 24.2 Å². The molecule has 1 aliphatic heterocycles. The summed E-state index contributed by atoms with van der Waals surface area (Å²) in [5, 5.41) is 9.43. The minimum atomic E-state index is -1.07. The normalized spacial score (nSPS) is 16.4. The molecule has 0 aliphatic carbocycles. The summed E-state index contributed by atoms with van der Waals surface area (Å²) in [6.07, 6.45) is 1.76. The van der Waals surface area contributed by atoms with Crippen LogP contribution in [0.25, 0.3) is 6.08 Å². The number of carbonyl (C=O) groups excluding carboxylic acids is 1. The Morgan fingerprint density at radius 2 is 2.00 bits per heavy atom. The lowest BCUT2D eigenvalue weighted by Gasteiger charge is -2.12. The second-order valence-electron chi connectivity index (χ2n) is 6.42. The van der Waals surface area contributed by atoms with Crippen LogP contribution in [0.1, 0.15) is 11.1 Å². The number of carbonyl (C=O) groups is 2. The molecule has 9 heteroatoms. The zero-order chi connectivity index (χ0) is 21.8. The van der Waals surface area contributed by atoms with Gasteiger partial charge in [-0.2, -0.15) is 0 Å². The highest BCUT2D eigenvalue weighted by molar-refractivity contribution is 14.1. The number of thioether (sulfide) groups is 1. The van der Waals surface area contributed by atoms with Gasteiger partial charge in [-0.3, -0.25) is 9.69 Å². The van der Waals surface area contributed by atoms with Crippen LogP contribution in [0, 0.1) is 10.5 Å². The number of aliphatic imine (C=N–C) groups is 1. The van der Waals surface area contributed by atoms with Gasteiger partial charge in [0.15, 0.2) is 23.3 Å². The summed E-state index contributed by atoms with van der Waals surface area (Å²) in [7, 11) is 3.17. The number of methoxy groups -OCH3 is 1. The van der Waals surface area contributed by atoms with E-state index < -0.39 is 12.6 Å². The van der Waals surface area contributed by atoms with E-state index >= 15 is 0 Å². The molecule has 1 aliphatic rings. The Morgan fingerprint density at radius 1 is 1.30 bits per heavy atom. The highest BCUT2D eigenvalue weighted by atomic mass is 127. The van der Waals surface area contributed by atoms with Crippen molar-refractivity contribution in [3.8, 4) is 11.5 Å². The number of aryl methyl sites for hydroxylation is 1. The van der Waals surface area contributed by atoms with Gasteiger partial charge in [0.05, 0.1) is 21.3 Å². The number of carboxylic acid groups (broad SMARTS) is 1. The molecule has 0 saturated carbocycles. The number of amidine groups is 1. The number of likely N-dealkylation sites (N-methyl/N-ethyl adjacent to an activating group) is 1. The van der Waals surface area contributed by atoms with Crippen LogP contribution in [0.15, 0.2) is 46.3 Å². The zero-order valence-corrected chi connectivity index (χ0v) is 19.5. The first-order chi connectivity index (χ1) is 14.3. The molecule has 3 rings (SSSR count). The van der Waals surface area contributed by atoms with Gasteiger partial charge in [0.25, 0.3) is 5.91 Å². The molecule has 156 valence electrons. The van der Waals surface area contributed by atoms with Crippen LogP contribution in [0.2, 0.25) is 0 Å². The lowest BCUT2D eigenvalue weighted by atomic mass is 10.2. The predicted molar refractivity (Wildman–Crippen MR) is 125 cm³/mol. The Hall–Kier alpha value is -2.53. The van der Waals surface area contributed by atoms with E-state index in [0.717, 1.165) is 16.8 Å². The van der Waals surface area contributed by atoms with E-state index in [1.807, 2.05) is 53.8 Å². The van der Waals surface area contributed by atoms with Gasteiger partial charge in [0.1, 0.15) is 0 Å². The van der Waals surface area contributed by atoms with Gasteiger partial charge in [0, 0.05) is 7.05 Å². The molecule has 1 heterocycles. The fourth-order valence-corrected chi connectivity index (χ4v) is 4.40. The van der Waals surface area contributed by atoms with Gasteiger partial charge in [0.2, 0.25) is 0 Å². The molecule has 0 unspecified atom stereocenters. The van der Waals surface area contributed by atoms with E-state index in [-0.39, 0.29) is 5.91 Å². The molecule has 1 saturated heterocycles. The highest BCUT2D eigenvalue weighted by Crippen LogP contribution is 2.37. The van der Waals surface area contributed by atoms with Crippen molar-refractivity contribution in [1.82, 2.24) is 4.90 Å². The molecule has 1 fully saturated rings. The number of rotatable bonds is 6. The molecule has 0 aromatic heterocycles. The fourth-order valence-electron chi connectivity index (χ4n) is 2.63. The molecule has 30 heavy (non-hydrogen) atoms. The summed E-state index contributed by atoms with van der Waals surface area (Å²) in [5.41, 5.74) is 2.65. The lowest BCUT2D eigenvalue weighted by molar-refractivity contribution is -0.139. The summed E-state index contributed by atoms with van der Waals surface area (Å²) in [5.74, 6) is -0.472. The van der Waals surface area contributed by atoms with Crippen LogP contribution >= 0.6 is 34.4 Å². The molecule has 0 spiro atoms. The van der Waals surface area contributed by atoms with E-state index in [1.165, 1.54) is 23.8 Å². The average molecular weight is 538 g/mol. The molecule has 0 atom stereocenters. The Morgan fingerprint density at radius 3 is 2.63 bits per heavy atom. The van der Waals surface area contributed by atoms with E-state index in [2.05, 4.69) is 4.99 Å². The Kier molecular flexibility index (Phi) is 7.03. The van der Waals surface area contributed by atoms with Crippen molar-refractivity contribution in [1.29, 1.82) is 0 Å². The molecule has 1 amide bonds. The first-order valence-electron chi connectivity index (χ1n) is 8.83. The number of carboxylic acids is 1. The second-order valence-corrected chi connectivity index (χ2v) is 8.59. The standard InChI is InChI=1S/C21H19IN2O5S/c1-12-4-6-14(7-5-12)23-21-24(2)20(27)17(30-21)10-13-8-15(22)19(16(9-13)28-3)29-11-18(25)26/h4-10H,11H2,1-3H3,(H,25,26)/b17-10+,23-21?. The smallest absolute Gasteiger partial charge is 0.341 e. The van der Waals surface area contributed by atoms with E-state index in [9.17, 15) is 9.59 Å². The van der Waals surface area contributed by atoms with Crippen LogP contribution in [0.4, 0.5) is 5.69 Å². The van der Waals surface area contributed by atoms with Gasteiger partial charge in [-0.05, 0) is 77.2 Å². The van der Waals surface area contributed by atoms with Gasteiger partial charge in [-0.1, -0.05) is 17.7 Å². The maximum absolute atomic E-state index is 12.7. The first-order valence-corrected chi connectivity index (χ1v) is 10.7. The molecular formula is C21H19IN2O5S. The summed E-state index contributed by atoms with van der Waals surface area (Å²) >= 11 is 3.34. The highest BCUT2D eigenvalue weighted by Gasteiger charge is 2.30. The summed E-state index contributed by atoms with van der Waals surface area (Å²) in [4.78, 5) is 30.1. The van der Waals surface area contributed by atoms with Crippen LogP contribution in [0.3, 0.4) is 0 Å². The van der Waals surface area contributed by atoms with Crippen molar-refractivity contribution in [2.24, 2.45) is 4.99 Å². The number of halogens is 1. The monoisotopic (exact) mass is 538 g/mol. The number of amides is 1. The third-order valence-electron chi connectivity index (χ3n) is 4.15. The Balaban J connectivity index is 1.89. The molecule has 7 nitrogen and oxygen atoms in total. The molecule has 2 aromatic carbocycles. The quantitative estimate of drug-likeness (QED) is 0.436. The summed E-state index contributed by atoms with van der Waals surface area (Å²) in [6, 6.07) is 11.3. The number of benzene rings is 2. The topological polar surface area (TPSA) is 88.4 Å². The lowest BCUT2D eigenvalue weighted by Crippen LogP contribution is -2.23. The van der Waals surface area contributed by atoms with Crippen LogP contribution in [-0.4, -0.2) is 47.8 Å². The molecular weight excluding hydrogens is 519 g/mol. The number of nitrogens with zero attached hydrogens (tertiary/aromatic N) is 2. The molecule has 2 aromatic rings. The van der Waals surface area contributed by atoms with Gasteiger partial charge >= 0.3 is 5.97 Å². The van der Waals surface area contributed by atoms with Crippen molar-refractivity contribution >= 4 is 63.2 Å². The predicted octanol–water partition coefficient (Wildman–Crippen LogP) is 4.31. The Labute approximate surface area is 191 Å². The van der Waals surface area contributed by atoms with Gasteiger partial charge in [-0.25, -0.2) is 9.79 Å². The third-order valence-corrected chi connectivity index (χ3v) is 6.01.